The number of carbonyl (C=O) groups is 1. The maximum absolute atomic E-state index is 12.9. The van der Waals surface area contributed by atoms with Crippen LogP contribution in [0.5, 0.6) is 0 Å². The molecule has 0 aliphatic rings. The van der Waals surface area contributed by atoms with E-state index in [9.17, 15) is 27.9 Å². The first-order valence-electron chi connectivity index (χ1n) is 6.71. The molecular weight excluding hydrogens is 356 g/mol. The van der Waals surface area contributed by atoms with Crippen LogP contribution < -0.4 is 10.6 Å². The molecule has 25 heavy (non-hydrogen) atoms. The fourth-order valence-electron chi connectivity index (χ4n) is 1.59. The average molecular weight is 371 g/mol. The zero-order valence-corrected chi connectivity index (χ0v) is 14.1. The lowest BCUT2D eigenvalue weighted by atomic mass is 10.3. The molecule has 0 heterocycles. The molecule has 0 bridgehead atoms. The van der Waals surface area contributed by atoms with Gasteiger partial charge in [-0.25, -0.2) is 13.6 Å². The number of halogens is 2. The molecule has 2 N–H and O–H groups in total. The van der Waals surface area contributed by atoms with Crippen LogP contribution in [0.4, 0.5) is 30.6 Å². The van der Waals surface area contributed by atoms with Crippen molar-refractivity contribution >= 4 is 33.9 Å². The Morgan fingerprint density at radius 2 is 1.44 bits per heavy atom. The van der Waals surface area contributed by atoms with E-state index < -0.39 is 33.4 Å². The maximum atomic E-state index is 12.9. The Balaban J connectivity index is 0.000000705. The molecule has 2 aromatic rings. The van der Waals surface area contributed by atoms with Gasteiger partial charge in [-0.15, -0.1) is 0 Å². The monoisotopic (exact) mass is 371 g/mol. The number of hydrogen-bond donors (Lipinski definition) is 2. The lowest BCUT2D eigenvalue weighted by Crippen LogP contribution is -2.19. The Hall–Kier alpha value is -2.88. The Morgan fingerprint density at radius 1 is 1.00 bits per heavy atom. The highest BCUT2D eigenvalue weighted by atomic mass is 32.2. The van der Waals surface area contributed by atoms with Gasteiger partial charge < -0.3 is 10.6 Å². The summed E-state index contributed by atoms with van der Waals surface area (Å²) in [4.78, 5) is 21.5. The van der Waals surface area contributed by atoms with Gasteiger partial charge in [0.05, 0.1) is 4.92 Å². The summed E-state index contributed by atoms with van der Waals surface area (Å²) < 4.78 is 35.5. The number of nitrogens with zero attached hydrogens (tertiary/aromatic N) is 1. The SMILES string of the molecule is CS(C)=O.O=C(Nc1ccc([N+](=O)[O-])cc1)Nc1cc(F)cc(F)c1. The van der Waals surface area contributed by atoms with Crippen LogP contribution in [0.3, 0.4) is 0 Å². The fraction of sp³-hybridized carbons (Fsp3) is 0.133. The van der Waals surface area contributed by atoms with E-state index in [4.69, 9.17) is 0 Å². The van der Waals surface area contributed by atoms with Crippen LogP contribution in [0.2, 0.25) is 0 Å². The Labute approximate surface area is 144 Å². The molecule has 0 aliphatic heterocycles. The minimum Gasteiger partial charge on any atom is -0.308 e. The second-order valence-electron chi connectivity index (χ2n) is 4.78. The van der Waals surface area contributed by atoms with E-state index in [1.165, 1.54) is 24.3 Å². The van der Waals surface area contributed by atoms with Gasteiger partial charge in [0, 0.05) is 52.9 Å². The number of nitrogens with one attached hydrogen (secondary N) is 2. The van der Waals surface area contributed by atoms with E-state index in [1.807, 2.05) is 0 Å². The summed E-state index contributed by atoms with van der Waals surface area (Å²) in [6, 6.07) is 6.98. The molecular formula is C15H15F2N3O4S. The van der Waals surface area contributed by atoms with Gasteiger partial charge in [0.25, 0.3) is 5.69 Å². The first-order valence-corrected chi connectivity index (χ1v) is 8.67. The van der Waals surface area contributed by atoms with Crippen molar-refractivity contribution in [2.24, 2.45) is 0 Å². The maximum Gasteiger partial charge on any atom is 0.323 e. The van der Waals surface area contributed by atoms with E-state index in [2.05, 4.69) is 10.6 Å². The minimum absolute atomic E-state index is 0.0492. The van der Waals surface area contributed by atoms with Gasteiger partial charge in [-0.1, -0.05) is 0 Å². The van der Waals surface area contributed by atoms with Crippen molar-refractivity contribution in [2.45, 2.75) is 0 Å². The molecule has 2 aromatic carbocycles. The number of carbonyl (C=O) groups excluding carboxylic acids is 1. The molecule has 0 unspecified atom stereocenters. The van der Waals surface area contributed by atoms with Gasteiger partial charge in [0.1, 0.15) is 11.6 Å². The van der Waals surface area contributed by atoms with E-state index in [-0.39, 0.29) is 11.4 Å². The standard InChI is InChI=1S/C13H9F2N3O3.C2H6OS/c14-8-5-9(15)7-11(6-8)17-13(19)16-10-1-3-12(4-2-10)18(20)21;1-4(2)3/h1-7H,(H2,16,17,19);1-2H3. The molecule has 0 spiro atoms. The van der Waals surface area contributed by atoms with Gasteiger partial charge in [0.2, 0.25) is 0 Å². The van der Waals surface area contributed by atoms with Gasteiger partial charge in [-0.05, 0) is 24.3 Å². The topological polar surface area (TPSA) is 101 Å². The molecule has 0 fully saturated rings. The molecule has 0 aliphatic carbocycles. The summed E-state index contributed by atoms with van der Waals surface area (Å²) in [5.74, 6) is -1.64. The third kappa shape index (κ3) is 7.97. The molecule has 2 amide bonds. The third-order valence-corrected chi connectivity index (χ3v) is 2.46. The fourth-order valence-corrected chi connectivity index (χ4v) is 1.59. The predicted octanol–water partition coefficient (Wildman–Crippen LogP) is 3.51. The minimum atomic E-state index is -0.819. The first-order chi connectivity index (χ1) is 11.7. The number of amides is 2. The number of nitro groups is 1. The highest BCUT2D eigenvalue weighted by Gasteiger charge is 2.08. The van der Waals surface area contributed by atoms with Crippen LogP contribution >= 0.6 is 0 Å². The summed E-state index contributed by atoms with van der Waals surface area (Å²) in [7, 11) is -0.611. The molecule has 7 nitrogen and oxygen atoms in total. The van der Waals surface area contributed by atoms with Crippen molar-refractivity contribution < 1.29 is 22.7 Å². The molecule has 0 saturated heterocycles. The van der Waals surface area contributed by atoms with E-state index in [1.54, 1.807) is 12.5 Å². The normalized spacial score (nSPS) is 9.80. The Bertz CT molecular complexity index is 761. The second-order valence-corrected chi connectivity index (χ2v) is 6.27. The van der Waals surface area contributed by atoms with Gasteiger partial charge in [-0.2, -0.15) is 0 Å². The average Bonchev–Trinajstić information content (AvgIpc) is 2.45. The van der Waals surface area contributed by atoms with Crippen LogP contribution in [-0.4, -0.2) is 27.7 Å². The van der Waals surface area contributed by atoms with E-state index in [0.717, 1.165) is 12.1 Å². The Kier molecular flexibility index (Phi) is 7.60. The second kappa shape index (κ2) is 9.42. The highest BCUT2D eigenvalue weighted by Crippen LogP contribution is 2.16. The van der Waals surface area contributed by atoms with Gasteiger partial charge in [0.15, 0.2) is 0 Å². The number of anilines is 2. The molecule has 0 saturated carbocycles. The van der Waals surface area contributed by atoms with Gasteiger partial charge in [-0.3, -0.25) is 14.3 Å². The van der Waals surface area contributed by atoms with E-state index >= 15 is 0 Å². The van der Waals surface area contributed by atoms with Crippen LogP contribution in [-0.2, 0) is 10.8 Å². The summed E-state index contributed by atoms with van der Waals surface area (Å²) in [5, 5.41) is 15.1. The first kappa shape index (κ1) is 20.2. The van der Waals surface area contributed by atoms with Crippen molar-refractivity contribution in [2.75, 3.05) is 23.1 Å². The van der Waals surface area contributed by atoms with Crippen molar-refractivity contribution in [3.63, 3.8) is 0 Å². The number of urea groups is 1. The number of nitro benzene ring substituents is 1. The third-order valence-electron chi connectivity index (χ3n) is 2.46. The predicted molar refractivity (Wildman–Crippen MR) is 92.1 cm³/mol. The molecule has 0 aromatic heterocycles. The number of non-ortho nitro benzene ring substituents is 1. The summed E-state index contributed by atoms with van der Waals surface area (Å²) in [6.07, 6.45) is 3.28. The summed E-state index contributed by atoms with van der Waals surface area (Å²) in [6.45, 7) is 0. The van der Waals surface area contributed by atoms with Crippen molar-refractivity contribution in [3.8, 4) is 0 Å². The van der Waals surface area contributed by atoms with Crippen LogP contribution in [0, 0.1) is 21.7 Å². The molecule has 0 atom stereocenters. The van der Waals surface area contributed by atoms with Crippen molar-refractivity contribution in [1.29, 1.82) is 0 Å². The zero-order chi connectivity index (χ0) is 19.0. The lowest BCUT2D eigenvalue weighted by Gasteiger charge is -2.07. The van der Waals surface area contributed by atoms with E-state index in [0.29, 0.717) is 11.8 Å². The molecule has 134 valence electrons. The quantitative estimate of drug-likeness (QED) is 0.637. The van der Waals surface area contributed by atoms with Crippen LogP contribution in [0.25, 0.3) is 0 Å². The lowest BCUT2D eigenvalue weighted by molar-refractivity contribution is -0.384. The summed E-state index contributed by atoms with van der Waals surface area (Å²) in [5.41, 5.74) is 0.134. The number of hydrogen-bond acceptors (Lipinski definition) is 4. The largest absolute Gasteiger partial charge is 0.323 e. The molecule has 2 rings (SSSR count). The summed E-state index contributed by atoms with van der Waals surface area (Å²) >= 11 is 0. The van der Waals surface area contributed by atoms with Crippen molar-refractivity contribution in [3.05, 3.63) is 64.2 Å². The van der Waals surface area contributed by atoms with Gasteiger partial charge >= 0.3 is 6.03 Å². The van der Waals surface area contributed by atoms with Crippen LogP contribution in [0.1, 0.15) is 0 Å². The van der Waals surface area contributed by atoms with Crippen molar-refractivity contribution in [1.82, 2.24) is 0 Å². The zero-order valence-electron chi connectivity index (χ0n) is 13.3. The number of rotatable bonds is 3. The molecule has 0 radical (unpaired) electrons. The smallest absolute Gasteiger partial charge is 0.308 e. The van der Waals surface area contributed by atoms with Crippen LogP contribution in [0.15, 0.2) is 42.5 Å². The Morgan fingerprint density at radius 3 is 1.88 bits per heavy atom. The number of benzene rings is 2. The molecule has 10 heteroatoms. The highest BCUT2D eigenvalue weighted by molar-refractivity contribution is 7.83.